The summed E-state index contributed by atoms with van der Waals surface area (Å²) >= 11 is 1.20. The second-order valence-electron chi connectivity index (χ2n) is 5.20. The van der Waals surface area contributed by atoms with Crippen LogP contribution in [0, 0.1) is 5.92 Å². The molecular weight excluding hydrogens is 328 g/mol. The molecule has 0 radical (unpaired) electrons. The number of rotatable bonds is 10. The van der Waals surface area contributed by atoms with Crippen LogP contribution in [0.5, 0.6) is 0 Å². The largest absolute Gasteiger partial charge is 0.462 e. The first-order valence-electron chi connectivity index (χ1n) is 9.58. The lowest BCUT2D eigenvalue weighted by atomic mass is 10.00. The molecule has 1 unspecified atom stereocenters. The highest BCUT2D eigenvalue weighted by atomic mass is 32.2. The molecule has 0 bridgehead atoms. The van der Waals surface area contributed by atoms with Gasteiger partial charge < -0.3 is 14.3 Å². The third-order valence-corrected chi connectivity index (χ3v) is 3.69. The molecule has 0 aliphatic heterocycles. The Kier molecular flexibility index (Phi) is 6.57. The third kappa shape index (κ3) is 6.74. The SMILES string of the molecule is [2H]c1c([2H])c([2H])c(C(=O)OCC(CC)CCC(C)=O)c(C(=O)OCSC)c1[2H]. The van der Waals surface area contributed by atoms with Gasteiger partial charge in [0.25, 0.3) is 0 Å². The molecule has 0 aliphatic carbocycles. The summed E-state index contributed by atoms with van der Waals surface area (Å²) in [5, 5.41) is 0. The van der Waals surface area contributed by atoms with Crippen molar-refractivity contribution in [3.63, 3.8) is 0 Å². The van der Waals surface area contributed by atoms with E-state index < -0.39 is 47.2 Å². The number of carbonyl (C=O) groups is 3. The number of hydrogen-bond acceptors (Lipinski definition) is 6. The molecule has 132 valence electrons. The Balaban J connectivity index is 3.17. The Labute approximate surface area is 152 Å². The fourth-order valence-corrected chi connectivity index (χ4v) is 2.11. The van der Waals surface area contributed by atoms with E-state index in [-0.39, 0.29) is 24.2 Å². The van der Waals surface area contributed by atoms with Crippen LogP contribution in [0.4, 0.5) is 0 Å². The summed E-state index contributed by atoms with van der Waals surface area (Å²) in [6.07, 6.45) is 3.24. The van der Waals surface area contributed by atoms with Gasteiger partial charge in [0.1, 0.15) is 11.7 Å². The Morgan fingerprint density at radius 2 is 1.75 bits per heavy atom. The zero-order valence-electron chi connectivity index (χ0n) is 18.1. The van der Waals surface area contributed by atoms with Gasteiger partial charge >= 0.3 is 11.9 Å². The van der Waals surface area contributed by atoms with Crippen molar-refractivity contribution >= 4 is 29.5 Å². The number of ether oxygens (including phenoxy) is 2. The smallest absolute Gasteiger partial charge is 0.339 e. The van der Waals surface area contributed by atoms with Crippen LogP contribution in [0.25, 0.3) is 0 Å². The molecule has 0 heterocycles. The maximum Gasteiger partial charge on any atom is 0.339 e. The number of Topliss-reactive ketones (excluding diaryl/α,β-unsaturated/α-hetero) is 1. The van der Waals surface area contributed by atoms with E-state index in [0.717, 1.165) is 0 Å². The van der Waals surface area contributed by atoms with Gasteiger partial charge in [0.15, 0.2) is 0 Å². The van der Waals surface area contributed by atoms with Gasteiger partial charge in [-0.3, -0.25) is 0 Å². The highest BCUT2D eigenvalue weighted by molar-refractivity contribution is 7.98. The van der Waals surface area contributed by atoms with Crippen LogP contribution in [0.15, 0.2) is 24.2 Å². The number of ketones is 1. The molecule has 1 rings (SSSR count). The lowest BCUT2D eigenvalue weighted by molar-refractivity contribution is -0.117. The second-order valence-corrected chi connectivity index (χ2v) is 6.01. The molecule has 0 N–H and O–H groups in total. The zero-order valence-corrected chi connectivity index (χ0v) is 14.9. The van der Waals surface area contributed by atoms with Gasteiger partial charge in [-0.1, -0.05) is 25.4 Å². The van der Waals surface area contributed by atoms with Crippen LogP contribution in [0.1, 0.15) is 59.3 Å². The van der Waals surface area contributed by atoms with E-state index in [9.17, 15) is 14.4 Å². The van der Waals surface area contributed by atoms with Crippen molar-refractivity contribution in [2.45, 2.75) is 33.1 Å². The van der Waals surface area contributed by atoms with Crippen LogP contribution < -0.4 is 0 Å². The van der Waals surface area contributed by atoms with Crippen molar-refractivity contribution in [1.82, 2.24) is 0 Å². The molecule has 1 atom stereocenters. The van der Waals surface area contributed by atoms with Crippen molar-refractivity contribution in [3.8, 4) is 0 Å². The van der Waals surface area contributed by atoms with Gasteiger partial charge in [0.2, 0.25) is 0 Å². The van der Waals surface area contributed by atoms with Gasteiger partial charge in [-0.25, -0.2) is 9.59 Å². The van der Waals surface area contributed by atoms with Gasteiger partial charge in [0, 0.05) is 6.42 Å². The molecule has 0 saturated carbocycles. The van der Waals surface area contributed by atoms with Crippen molar-refractivity contribution < 1.29 is 29.3 Å². The van der Waals surface area contributed by atoms with E-state index in [1.165, 1.54) is 18.7 Å². The average Bonchev–Trinajstić information content (AvgIpc) is 2.66. The number of benzene rings is 1. The Bertz CT molecular complexity index is 754. The Hall–Kier alpha value is -1.82. The molecule has 24 heavy (non-hydrogen) atoms. The standard InChI is InChI=1S/C18H24O5S/c1-4-14(10-9-13(2)19)11-22-17(20)15-7-5-6-8-16(15)18(21)23-12-24-3/h5-8,14H,4,9-12H2,1-3H3/i5D,6D,7D,8D. The number of thioether (sulfide) groups is 1. The van der Waals surface area contributed by atoms with Crippen LogP contribution in [-0.2, 0) is 14.3 Å². The topological polar surface area (TPSA) is 69.7 Å². The van der Waals surface area contributed by atoms with E-state index in [2.05, 4.69) is 0 Å². The number of hydrogen-bond donors (Lipinski definition) is 0. The maximum atomic E-state index is 12.6. The summed E-state index contributed by atoms with van der Waals surface area (Å²) in [7, 11) is 0. The molecular formula is C18H24O5S. The van der Waals surface area contributed by atoms with E-state index in [1.807, 2.05) is 6.92 Å². The molecule has 1 aromatic carbocycles. The second kappa shape index (κ2) is 10.9. The Morgan fingerprint density at radius 1 is 1.17 bits per heavy atom. The lowest BCUT2D eigenvalue weighted by Crippen LogP contribution is -2.18. The van der Waals surface area contributed by atoms with Crippen molar-refractivity contribution in [2.75, 3.05) is 18.8 Å². The highest BCUT2D eigenvalue weighted by Crippen LogP contribution is 2.16. The minimum atomic E-state index is -1.02. The van der Waals surface area contributed by atoms with Crippen LogP contribution in [0.3, 0.4) is 0 Å². The quantitative estimate of drug-likeness (QED) is 0.470. The summed E-state index contributed by atoms with van der Waals surface area (Å²) in [4.78, 5) is 36.0. The molecule has 1 aromatic rings. The molecule has 0 aromatic heterocycles. The summed E-state index contributed by atoms with van der Waals surface area (Å²) in [5.41, 5.74) is -1.08. The molecule has 0 amide bonds. The van der Waals surface area contributed by atoms with E-state index in [0.29, 0.717) is 19.3 Å². The van der Waals surface area contributed by atoms with E-state index in [4.69, 9.17) is 15.0 Å². The minimum absolute atomic E-state index is 0.0232. The van der Waals surface area contributed by atoms with Crippen LogP contribution in [-0.4, -0.2) is 36.5 Å². The maximum absolute atomic E-state index is 12.6. The predicted molar refractivity (Wildman–Crippen MR) is 94.2 cm³/mol. The average molecular weight is 356 g/mol. The Morgan fingerprint density at radius 3 is 2.25 bits per heavy atom. The van der Waals surface area contributed by atoms with Crippen molar-refractivity contribution in [1.29, 1.82) is 0 Å². The number of esters is 2. The van der Waals surface area contributed by atoms with E-state index >= 15 is 0 Å². The first-order chi connectivity index (χ1) is 13.1. The summed E-state index contributed by atoms with van der Waals surface area (Å²) in [6, 6.07) is -2.57. The summed E-state index contributed by atoms with van der Waals surface area (Å²) < 4.78 is 41.6. The first-order valence-corrected chi connectivity index (χ1v) is 8.97. The van der Waals surface area contributed by atoms with Crippen molar-refractivity contribution in [3.05, 3.63) is 35.3 Å². The highest BCUT2D eigenvalue weighted by Gasteiger charge is 2.20. The van der Waals surface area contributed by atoms with Gasteiger partial charge in [0.05, 0.1) is 23.2 Å². The molecule has 0 spiro atoms. The molecule has 0 saturated heterocycles. The lowest BCUT2D eigenvalue weighted by Gasteiger charge is -2.15. The van der Waals surface area contributed by atoms with Gasteiger partial charge in [-0.05, 0) is 37.6 Å². The monoisotopic (exact) mass is 356 g/mol. The first kappa shape index (κ1) is 14.5. The number of carbonyl (C=O) groups excluding carboxylic acids is 3. The fraction of sp³-hybridized carbons (Fsp3) is 0.500. The third-order valence-electron chi connectivity index (χ3n) is 3.34. The van der Waals surface area contributed by atoms with E-state index in [1.54, 1.807) is 6.26 Å². The van der Waals surface area contributed by atoms with Crippen molar-refractivity contribution in [2.24, 2.45) is 5.92 Å². The molecule has 0 fully saturated rings. The minimum Gasteiger partial charge on any atom is -0.462 e. The molecule has 6 heteroatoms. The molecule has 5 nitrogen and oxygen atoms in total. The fourth-order valence-electron chi connectivity index (χ4n) is 1.88. The normalized spacial score (nSPS) is 14.0. The van der Waals surface area contributed by atoms with Crippen LogP contribution >= 0.6 is 11.8 Å². The zero-order chi connectivity index (χ0) is 21.4. The summed E-state index contributed by atoms with van der Waals surface area (Å²) in [5.74, 6) is -2.11. The molecule has 0 aliphatic rings. The van der Waals surface area contributed by atoms with Crippen LogP contribution in [0.2, 0.25) is 0 Å². The van der Waals surface area contributed by atoms with Gasteiger partial charge in [-0.2, -0.15) is 0 Å². The predicted octanol–water partition coefficient (Wildman–Crippen LogP) is 3.72. The summed E-state index contributed by atoms with van der Waals surface area (Å²) in [6.45, 7) is 3.34. The van der Waals surface area contributed by atoms with Gasteiger partial charge in [-0.15, -0.1) is 11.8 Å².